The monoisotopic (exact) mass is 245 g/mol. The minimum atomic E-state index is -1.05. The molecule has 0 aliphatic rings. The molecular weight excluding hydrogens is 234 g/mol. The van der Waals surface area contributed by atoms with Gasteiger partial charge in [0, 0.05) is 24.8 Å². The predicted octanol–water partition coefficient (Wildman–Crippen LogP) is 1.14. The molecule has 2 aromatic rings. The normalized spacial score (nSPS) is 11.8. The molecule has 0 spiro atoms. The second kappa shape index (κ2) is 5.17. The molecule has 2 aromatic heterocycles. The van der Waals surface area contributed by atoms with E-state index in [1.807, 2.05) is 6.92 Å². The lowest BCUT2D eigenvalue weighted by Crippen LogP contribution is -2.11. The number of carboxylic acid groups (broad SMARTS) is 1. The fourth-order valence-electron chi connectivity index (χ4n) is 1.31. The zero-order chi connectivity index (χ0) is 13.0. The Hall–Kier alpha value is -2.57. The summed E-state index contributed by atoms with van der Waals surface area (Å²) in [5.41, 5.74) is 0.802. The van der Waals surface area contributed by atoms with Crippen LogP contribution in [0, 0.1) is 0 Å². The SMILES string of the molecule is C[C@H](Nc1ncc(C(=O)O)cn1)c1cnccn1. The van der Waals surface area contributed by atoms with Crippen LogP contribution in [0.4, 0.5) is 5.95 Å². The molecule has 0 amide bonds. The molecule has 18 heavy (non-hydrogen) atoms. The molecule has 0 bridgehead atoms. The van der Waals surface area contributed by atoms with Crippen LogP contribution in [-0.4, -0.2) is 31.0 Å². The van der Waals surface area contributed by atoms with Crippen molar-refractivity contribution in [3.05, 3.63) is 42.2 Å². The van der Waals surface area contributed by atoms with Crippen LogP contribution >= 0.6 is 0 Å². The van der Waals surface area contributed by atoms with E-state index in [0.717, 1.165) is 5.69 Å². The molecular formula is C11H11N5O2. The molecule has 1 atom stereocenters. The van der Waals surface area contributed by atoms with Crippen LogP contribution in [0.15, 0.2) is 31.0 Å². The molecule has 2 heterocycles. The predicted molar refractivity (Wildman–Crippen MR) is 63.1 cm³/mol. The molecule has 0 unspecified atom stereocenters. The first-order valence-corrected chi connectivity index (χ1v) is 5.24. The van der Waals surface area contributed by atoms with Crippen molar-refractivity contribution in [1.82, 2.24) is 19.9 Å². The minimum absolute atomic E-state index is 0.0488. The van der Waals surface area contributed by atoms with Crippen molar-refractivity contribution in [3.63, 3.8) is 0 Å². The minimum Gasteiger partial charge on any atom is -0.478 e. The maximum atomic E-state index is 10.6. The molecule has 0 aliphatic carbocycles. The molecule has 0 fully saturated rings. The summed E-state index contributed by atoms with van der Waals surface area (Å²) in [5, 5.41) is 11.7. The first kappa shape index (κ1) is 11.9. The molecule has 2 N–H and O–H groups in total. The lowest BCUT2D eigenvalue weighted by Gasteiger charge is -2.12. The van der Waals surface area contributed by atoms with Crippen LogP contribution in [-0.2, 0) is 0 Å². The van der Waals surface area contributed by atoms with E-state index < -0.39 is 5.97 Å². The number of nitrogens with zero attached hydrogens (tertiary/aromatic N) is 4. The van der Waals surface area contributed by atoms with Gasteiger partial charge in [0.25, 0.3) is 0 Å². The van der Waals surface area contributed by atoms with Crippen LogP contribution in [0.5, 0.6) is 0 Å². The third kappa shape index (κ3) is 2.76. The van der Waals surface area contributed by atoms with Crippen molar-refractivity contribution in [2.45, 2.75) is 13.0 Å². The van der Waals surface area contributed by atoms with Gasteiger partial charge in [0.15, 0.2) is 0 Å². The third-order valence-electron chi connectivity index (χ3n) is 2.27. The maximum Gasteiger partial charge on any atom is 0.338 e. The van der Waals surface area contributed by atoms with Gasteiger partial charge >= 0.3 is 5.97 Å². The van der Waals surface area contributed by atoms with Gasteiger partial charge in [-0.15, -0.1) is 0 Å². The standard InChI is InChI=1S/C11H11N5O2/c1-7(9-6-12-2-3-13-9)16-11-14-4-8(5-15-11)10(17)18/h2-7H,1H3,(H,17,18)(H,14,15,16)/t7-/m0/s1. The summed E-state index contributed by atoms with van der Waals surface area (Å²) >= 11 is 0. The number of nitrogens with one attached hydrogen (secondary N) is 1. The Morgan fingerprint density at radius 2 is 1.94 bits per heavy atom. The second-order valence-electron chi connectivity index (χ2n) is 3.60. The van der Waals surface area contributed by atoms with Crippen molar-refractivity contribution in [3.8, 4) is 0 Å². The summed E-state index contributed by atoms with van der Waals surface area (Å²) in [4.78, 5) is 26.6. The van der Waals surface area contributed by atoms with Gasteiger partial charge in [-0.1, -0.05) is 0 Å². The van der Waals surface area contributed by atoms with E-state index >= 15 is 0 Å². The van der Waals surface area contributed by atoms with Crippen molar-refractivity contribution in [2.75, 3.05) is 5.32 Å². The Kier molecular flexibility index (Phi) is 3.42. The van der Waals surface area contributed by atoms with Gasteiger partial charge in [-0.05, 0) is 6.92 Å². The third-order valence-corrected chi connectivity index (χ3v) is 2.27. The van der Waals surface area contributed by atoms with Gasteiger partial charge in [-0.25, -0.2) is 14.8 Å². The second-order valence-corrected chi connectivity index (χ2v) is 3.60. The van der Waals surface area contributed by atoms with Gasteiger partial charge < -0.3 is 10.4 Å². The Morgan fingerprint density at radius 3 is 2.50 bits per heavy atom. The van der Waals surface area contributed by atoms with Gasteiger partial charge in [-0.3, -0.25) is 9.97 Å². The number of hydrogen-bond donors (Lipinski definition) is 2. The van der Waals surface area contributed by atoms with Crippen molar-refractivity contribution >= 4 is 11.9 Å². The van der Waals surface area contributed by atoms with Gasteiger partial charge in [-0.2, -0.15) is 0 Å². The van der Waals surface area contributed by atoms with Crippen molar-refractivity contribution < 1.29 is 9.90 Å². The Bertz CT molecular complexity index is 529. The first-order chi connectivity index (χ1) is 8.66. The molecule has 0 saturated carbocycles. The molecule has 7 nitrogen and oxygen atoms in total. The van der Waals surface area contributed by atoms with Crippen molar-refractivity contribution in [2.24, 2.45) is 0 Å². The van der Waals surface area contributed by atoms with Crippen LogP contribution in [0.2, 0.25) is 0 Å². The Morgan fingerprint density at radius 1 is 1.22 bits per heavy atom. The highest BCUT2D eigenvalue weighted by atomic mass is 16.4. The summed E-state index contributed by atoms with van der Waals surface area (Å²) in [7, 11) is 0. The number of aromatic carboxylic acids is 1. The topological polar surface area (TPSA) is 101 Å². The van der Waals surface area contributed by atoms with Crippen molar-refractivity contribution in [1.29, 1.82) is 0 Å². The van der Waals surface area contributed by atoms with Gasteiger partial charge in [0.2, 0.25) is 5.95 Å². The number of rotatable bonds is 4. The van der Waals surface area contributed by atoms with E-state index in [0.29, 0.717) is 5.95 Å². The highest BCUT2D eigenvalue weighted by Gasteiger charge is 2.09. The lowest BCUT2D eigenvalue weighted by atomic mass is 10.2. The van der Waals surface area contributed by atoms with Gasteiger partial charge in [0.05, 0.1) is 23.5 Å². The van der Waals surface area contributed by atoms with E-state index in [1.165, 1.54) is 12.4 Å². The number of aromatic nitrogens is 4. The average Bonchev–Trinajstić information content (AvgIpc) is 2.40. The lowest BCUT2D eigenvalue weighted by molar-refractivity contribution is 0.0696. The molecule has 0 aromatic carbocycles. The zero-order valence-corrected chi connectivity index (χ0v) is 9.61. The molecule has 0 aliphatic heterocycles. The summed E-state index contributed by atoms with van der Waals surface area (Å²) in [6, 6.07) is -0.116. The molecule has 92 valence electrons. The number of carbonyl (C=O) groups is 1. The molecule has 2 rings (SSSR count). The molecule has 0 saturated heterocycles. The quantitative estimate of drug-likeness (QED) is 0.832. The van der Waals surface area contributed by atoms with E-state index in [4.69, 9.17) is 5.11 Å². The van der Waals surface area contributed by atoms with E-state index in [-0.39, 0.29) is 11.6 Å². The summed E-state index contributed by atoms with van der Waals surface area (Å²) < 4.78 is 0. The summed E-state index contributed by atoms with van der Waals surface area (Å²) in [5.74, 6) is -0.707. The highest BCUT2D eigenvalue weighted by molar-refractivity contribution is 5.86. The van der Waals surface area contributed by atoms with Crippen LogP contribution in [0.25, 0.3) is 0 Å². The first-order valence-electron chi connectivity index (χ1n) is 5.24. The maximum absolute atomic E-state index is 10.6. The molecule has 0 radical (unpaired) electrons. The number of hydrogen-bond acceptors (Lipinski definition) is 6. The van der Waals surface area contributed by atoms with Crippen LogP contribution < -0.4 is 5.32 Å². The van der Waals surface area contributed by atoms with E-state index in [9.17, 15) is 4.79 Å². The largest absolute Gasteiger partial charge is 0.478 e. The fourth-order valence-corrected chi connectivity index (χ4v) is 1.31. The van der Waals surface area contributed by atoms with Crippen LogP contribution in [0.1, 0.15) is 29.0 Å². The van der Waals surface area contributed by atoms with E-state index in [1.54, 1.807) is 18.6 Å². The molecule has 7 heteroatoms. The number of anilines is 1. The average molecular weight is 245 g/mol. The smallest absolute Gasteiger partial charge is 0.338 e. The van der Waals surface area contributed by atoms with Gasteiger partial charge in [0.1, 0.15) is 0 Å². The highest BCUT2D eigenvalue weighted by Crippen LogP contribution is 2.12. The summed E-state index contributed by atoms with van der Waals surface area (Å²) in [6.45, 7) is 1.89. The number of carboxylic acids is 1. The van der Waals surface area contributed by atoms with Crippen LogP contribution in [0.3, 0.4) is 0 Å². The fraction of sp³-hybridized carbons (Fsp3) is 0.182. The van der Waals surface area contributed by atoms with E-state index in [2.05, 4.69) is 25.3 Å². The Balaban J connectivity index is 2.08. The summed E-state index contributed by atoms with van der Waals surface area (Å²) in [6.07, 6.45) is 7.33. The Labute approximate surface area is 103 Å². The zero-order valence-electron chi connectivity index (χ0n) is 9.61.